The van der Waals surface area contributed by atoms with Gasteiger partial charge in [0.1, 0.15) is 0 Å². The van der Waals surface area contributed by atoms with E-state index in [0.717, 1.165) is 0 Å². The Morgan fingerprint density at radius 3 is 1.08 bits per heavy atom. The van der Waals surface area contributed by atoms with Gasteiger partial charge in [0.2, 0.25) is 0 Å². The second-order valence-electron chi connectivity index (χ2n) is 9.24. The molecule has 0 atom stereocenters. The summed E-state index contributed by atoms with van der Waals surface area (Å²) in [5.41, 5.74) is 1.57. The fourth-order valence-corrected chi connectivity index (χ4v) is 5.15. The zero-order chi connectivity index (χ0) is 28.3. The lowest BCUT2D eigenvalue weighted by atomic mass is 9.87. The molecule has 0 aliphatic heterocycles. The molecule has 37 heavy (non-hydrogen) atoms. The Morgan fingerprint density at radius 2 is 0.811 bits per heavy atom. The van der Waals surface area contributed by atoms with Crippen LogP contribution in [0.15, 0.2) is 99.6 Å². The summed E-state index contributed by atoms with van der Waals surface area (Å²) in [5, 5.41) is 0. The molecule has 202 valence electrons. The van der Waals surface area contributed by atoms with Gasteiger partial charge in [-0.1, -0.05) is 69.3 Å². The molecule has 0 bridgehead atoms. The third-order valence-electron chi connectivity index (χ3n) is 5.22. The maximum Gasteiger partial charge on any atom is 0.460 e. The van der Waals surface area contributed by atoms with Gasteiger partial charge in [-0.2, -0.15) is 39.5 Å². The number of benzene rings is 3. The van der Waals surface area contributed by atoms with Crippen LogP contribution >= 0.6 is 0 Å². The van der Waals surface area contributed by atoms with Crippen LogP contribution in [0.2, 0.25) is 0 Å². The molecule has 0 heterocycles. The van der Waals surface area contributed by atoms with Crippen LogP contribution in [0.5, 0.6) is 0 Å². The van der Waals surface area contributed by atoms with Gasteiger partial charge < -0.3 is 0 Å². The Morgan fingerprint density at radius 1 is 0.459 bits per heavy atom. The van der Waals surface area contributed by atoms with E-state index in [4.69, 9.17) is 0 Å². The minimum atomic E-state index is -6.77. The minimum absolute atomic E-state index is 0.0497. The summed E-state index contributed by atoms with van der Waals surface area (Å²) in [5.74, 6) is -18.7. The maximum absolute atomic E-state index is 12.0. The number of hydrogen-bond donors (Lipinski definition) is 0. The monoisotopic (exact) mass is 553 g/mol. The van der Waals surface area contributed by atoms with Crippen molar-refractivity contribution in [2.75, 3.05) is 0 Å². The van der Waals surface area contributed by atoms with Gasteiger partial charge in [-0.3, -0.25) is 0 Å². The number of alkyl halides is 9. The molecule has 0 N–H and O–H groups in total. The van der Waals surface area contributed by atoms with Gasteiger partial charge in [0.15, 0.2) is 14.7 Å². The van der Waals surface area contributed by atoms with Crippen molar-refractivity contribution in [2.45, 2.75) is 71.7 Å². The van der Waals surface area contributed by atoms with E-state index < -0.39 is 30.9 Å². The Labute approximate surface area is 212 Å². The van der Waals surface area contributed by atoms with Crippen LogP contribution in [0.4, 0.5) is 39.5 Å². The lowest BCUT2D eigenvalue weighted by molar-refractivity contribution is -0.393. The fourth-order valence-electron chi connectivity index (χ4n) is 3.07. The molecule has 3 rings (SSSR count). The average Bonchev–Trinajstić information content (AvgIpc) is 2.79. The molecule has 3 aromatic carbocycles. The first-order chi connectivity index (χ1) is 16.8. The number of rotatable bonds is 5. The highest BCUT2D eigenvalue weighted by Gasteiger charge is 2.80. The second-order valence-corrected chi connectivity index (χ2v) is 11.3. The summed E-state index contributed by atoms with van der Waals surface area (Å²) >= 11 is 0. The number of halogens is 9. The van der Waals surface area contributed by atoms with Gasteiger partial charge in [0.25, 0.3) is 0 Å². The third-order valence-corrected chi connectivity index (χ3v) is 7.45. The van der Waals surface area contributed by atoms with Crippen molar-refractivity contribution in [2.24, 2.45) is 0 Å². The maximum atomic E-state index is 12.0. The third kappa shape index (κ3) is 7.03. The van der Waals surface area contributed by atoms with Crippen LogP contribution in [0, 0.1) is 0 Å². The van der Waals surface area contributed by atoms with Crippen LogP contribution in [-0.4, -0.2) is 23.9 Å². The predicted molar refractivity (Wildman–Crippen MR) is 127 cm³/mol. The van der Waals surface area contributed by atoms with Gasteiger partial charge in [-0.05, 0) is 47.4 Å². The molecule has 0 saturated carbocycles. The van der Waals surface area contributed by atoms with Gasteiger partial charge >= 0.3 is 23.9 Å². The first-order valence-corrected chi connectivity index (χ1v) is 12.2. The van der Waals surface area contributed by atoms with Gasteiger partial charge in [-0.25, -0.2) is 0 Å². The van der Waals surface area contributed by atoms with Crippen molar-refractivity contribution in [3.05, 3.63) is 90.5 Å². The van der Waals surface area contributed by atoms with Crippen LogP contribution in [0.25, 0.3) is 0 Å². The van der Waals surface area contributed by atoms with Crippen LogP contribution in [0.1, 0.15) is 33.3 Å². The van der Waals surface area contributed by atoms with Crippen LogP contribution < -0.4 is 0 Å². The van der Waals surface area contributed by atoms with Gasteiger partial charge in [0, 0.05) is 6.92 Å². The summed E-state index contributed by atoms with van der Waals surface area (Å²) in [6.07, 6.45) is -6.73. The standard InChI is InChI=1S/C22H23S.C5H3F9/c1-22(2,3)18-14-16-21(17-15-18)23(19-10-6-4-7-11-19)20-12-8-5-9-13-20;1-2(6,7)3(8,9)4(10,11)5(12,13)14/h4-17H,1-3H3;1H3/q+1;. The van der Waals surface area contributed by atoms with E-state index in [2.05, 4.69) is 106 Å². The smallest absolute Gasteiger partial charge is 0.200 e. The molecule has 0 radical (unpaired) electrons. The largest absolute Gasteiger partial charge is 0.460 e. The first kappa shape index (κ1) is 30.6. The molecule has 3 aromatic rings. The van der Waals surface area contributed by atoms with E-state index in [1.165, 1.54) is 20.2 Å². The average molecular weight is 554 g/mol. The Hall–Kier alpha value is -2.62. The lowest BCUT2D eigenvalue weighted by Gasteiger charge is -2.31. The van der Waals surface area contributed by atoms with E-state index in [-0.39, 0.29) is 16.3 Å². The van der Waals surface area contributed by atoms with Crippen molar-refractivity contribution < 1.29 is 39.5 Å². The lowest BCUT2D eigenvalue weighted by Crippen LogP contribution is -2.59. The van der Waals surface area contributed by atoms with Crippen LogP contribution in [0.3, 0.4) is 0 Å². The van der Waals surface area contributed by atoms with E-state index in [0.29, 0.717) is 0 Å². The molecule has 0 fully saturated rings. The van der Waals surface area contributed by atoms with Crippen LogP contribution in [-0.2, 0) is 16.3 Å². The normalized spacial score (nSPS) is 13.2. The Balaban J connectivity index is 0.000000298. The molecule has 0 spiro atoms. The van der Waals surface area contributed by atoms with Gasteiger partial charge in [-0.15, -0.1) is 0 Å². The van der Waals surface area contributed by atoms with Crippen molar-refractivity contribution in [1.82, 2.24) is 0 Å². The molecule has 0 aliphatic carbocycles. The SMILES string of the molecule is CC(C)(C)c1ccc([S+](c2ccccc2)c2ccccc2)cc1.CC(F)(F)C(F)(F)C(F)(F)C(F)(F)F. The molecule has 0 aromatic heterocycles. The highest BCUT2D eigenvalue weighted by Crippen LogP contribution is 2.52. The van der Waals surface area contributed by atoms with E-state index in [1.807, 2.05) is 0 Å². The zero-order valence-corrected chi connectivity index (χ0v) is 21.2. The summed E-state index contributed by atoms with van der Waals surface area (Å²) in [6.45, 7) is 6.06. The van der Waals surface area contributed by atoms with E-state index in [1.54, 1.807) is 0 Å². The molecule has 0 saturated heterocycles. The zero-order valence-electron chi connectivity index (χ0n) is 20.4. The van der Waals surface area contributed by atoms with Crippen molar-refractivity contribution in [3.63, 3.8) is 0 Å². The minimum Gasteiger partial charge on any atom is -0.200 e. The van der Waals surface area contributed by atoms with E-state index in [9.17, 15) is 39.5 Å². The summed E-state index contributed by atoms with van der Waals surface area (Å²) in [4.78, 5) is 4.10. The topological polar surface area (TPSA) is 0 Å². The number of hydrogen-bond acceptors (Lipinski definition) is 0. The predicted octanol–water partition coefficient (Wildman–Crippen LogP) is 9.55. The molecule has 0 nitrogen and oxygen atoms in total. The molecule has 10 heteroatoms. The molecule has 0 aliphatic rings. The fraction of sp³-hybridized carbons (Fsp3) is 0.333. The molecule has 0 unspecified atom stereocenters. The molecular weight excluding hydrogens is 527 g/mol. The van der Waals surface area contributed by atoms with Gasteiger partial charge in [0.05, 0.1) is 10.9 Å². The highest BCUT2D eigenvalue weighted by atomic mass is 32.2. The Bertz CT molecular complexity index is 1050. The van der Waals surface area contributed by atoms with Crippen molar-refractivity contribution in [3.8, 4) is 0 Å². The summed E-state index contributed by atoms with van der Waals surface area (Å²) in [7, 11) is -0.0497. The second kappa shape index (κ2) is 11.0. The van der Waals surface area contributed by atoms with E-state index >= 15 is 0 Å². The quantitative estimate of drug-likeness (QED) is 0.218. The summed E-state index contributed by atoms with van der Waals surface area (Å²) in [6, 6.07) is 30.7. The summed E-state index contributed by atoms with van der Waals surface area (Å²) < 4.78 is 105. The first-order valence-electron chi connectivity index (χ1n) is 11.0. The van der Waals surface area contributed by atoms with Crippen molar-refractivity contribution in [1.29, 1.82) is 0 Å². The highest BCUT2D eigenvalue weighted by molar-refractivity contribution is 7.97. The molecular formula is C27H26F9S+. The molecule has 0 amide bonds. The Kier molecular flexibility index (Phi) is 9.11. The van der Waals surface area contributed by atoms with Crippen molar-refractivity contribution >= 4 is 10.9 Å².